The third-order valence-corrected chi connectivity index (χ3v) is 3.28. The van der Waals surface area contributed by atoms with Crippen molar-refractivity contribution in [2.24, 2.45) is 0 Å². The van der Waals surface area contributed by atoms with Crippen LogP contribution in [0.3, 0.4) is 0 Å². The second-order valence-corrected chi connectivity index (χ2v) is 4.57. The van der Waals surface area contributed by atoms with Gasteiger partial charge in [0.2, 0.25) is 0 Å². The smallest absolute Gasteiger partial charge is 0.334 e. The molecule has 0 unspecified atom stereocenters. The number of nitrogens with zero attached hydrogens (tertiary/aromatic N) is 2. The summed E-state index contributed by atoms with van der Waals surface area (Å²) in [6.45, 7) is 0. The molecule has 2 N–H and O–H groups in total. The quantitative estimate of drug-likeness (QED) is 0.717. The highest BCUT2D eigenvalue weighted by atomic mass is 16.2. The zero-order chi connectivity index (χ0) is 15.7. The lowest BCUT2D eigenvalue weighted by atomic mass is 10.1. The molecule has 0 spiro atoms. The number of pyridine rings is 1. The molecule has 0 atom stereocenters. The molecule has 0 fully saturated rings. The number of fused-ring (bicyclic) bond motifs is 1. The molecule has 22 heavy (non-hydrogen) atoms. The minimum atomic E-state index is -0.646. The van der Waals surface area contributed by atoms with Crippen molar-refractivity contribution in [3.63, 3.8) is 0 Å². The molecule has 3 rings (SSSR count). The predicted molar refractivity (Wildman–Crippen MR) is 81.4 cm³/mol. The Morgan fingerprint density at radius 1 is 1.18 bits per heavy atom. The van der Waals surface area contributed by atoms with E-state index in [9.17, 15) is 14.4 Å². The molecule has 0 aliphatic carbocycles. The topological polar surface area (TPSA) is 96.9 Å². The summed E-state index contributed by atoms with van der Waals surface area (Å²) in [6, 6.07) is 9.80. The van der Waals surface area contributed by atoms with Gasteiger partial charge in [-0.15, -0.1) is 0 Å². The molecule has 7 nitrogen and oxygen atoms in total. The van der Waals surface area contributed by atoms with Crippen LogP contribution >= 0.6 is 0 Å². The van der Waals surface area contributed by atoms with Crippen molar-refractivity contribution in [1.29, 1.82) is 0 Å². The Hall–Kier alpha value is -3.22. The molecular weight excluding hydrogens is 284 g/mol. The Labute approximate surface area is 124 Å². The van der Waals surface area contributed by atoms with E-state index in [1.165, 1.54) is 17.8 Å². The van der Waals surface area contributed by atoms with Crippen LogP contribution in [-0.2, 0) is 0 Å². The first-order valence-electron chi connectivity index (χ1n) is 6.55. The van der Waals surface area contributed by atoms with E-state index in [0.717, 1.165) is 0 Å². The van der Waals surface area contributed by atoms with Crippen LogP contribution in [0.15, 0.2) is 52.2 Å². The maximum absolute atomic E-state index is 12.3. The van der Waals surface area contributed by atoms with E-state index in [1.807, 2.05) is 0 Å². The number of carbonyl (C=O) groups is 1. The number of H-pyrrole nitrogens is 1. The fraction of sp³-hybridized carbons (Fsp3) is 0.0667. The van der Waals surface area contributed by atoms with Crippen LogP contribution in [-0.4, -0.2) is 27.5 Å². The molecule has 0 bridgehead atoms. The first-order valence-corrected chi connectivity index (χ1v) is 6.55. The number of nitrogens with one attached hydrogen (secondary N) is 2. The van der Waals surface area contributed by atoms with Gasteiger partial charge in [0.15, 0.2) is 5.65 Å². The monoisotopic (exact) mass is 296 g/mol. The molecule has 110 valence electrons. The van der Waals surface area contributed by atoms with E-state index >= 15 is 0 Å². The van der Waals surface area contributed by atoms with Crippen LogP contribution in [0.5, 0.6) is 0 Å². The van der Waals surface area contributed by atoms with E-state index in [1.54, 1.807) is 36.4 Å². The number of para-hydroxylation sites is 1. The Morgan fingerprint density at radius 3 is 2.73 bits per heavy atom. The van der Waals surface area contributed by atoms with Gasteiger partial charge in [-0.05, 0) is 24.3 Å². The molecule has 7 heteroatoms. The first kappa shape index (κ1) is 13.7. The van der Waals surface area contributed by atoms with Gasteiger partial charge in [0.25, 0.3) is 11.5 Å². The van der Waals surface area contributed by atoms with Gasteiger partial charge in [0.05, 0.1) is 16.6 Å². The van der Waals surface area contributed by atoms with Crippen molar-refractivity contribution in [2.75, 3.05) is 7.05 Å². The fourth-order valence-corrected chi connectivity index (χ4v) is 2.29. The van der Waals surface area contributed by atoms with E-state index in [0.29, 0.717) is 11.3 Å². The number of amides is 1. The summed E-state index contributed by atoms with van der Waals surface area (Å²) in [5.74, 6) is -0.335. The maximum atomic E-state index is 12.3. The third kappa shape index (κ3) is 2.08. The Morgan fingerprint density at radius 2 is 1.95 bits per heavy atom. The van der Waals surface area contributed by atoms with E-state index in [4.69, 9.17) is 0 Å². The molecule has 0 radical (unpaired) electrons. The number of aromatic nitrogens is 3. The van der Waals surface area contributed by atoms with Crippen molar-refractivity contribution in [3.05, 3.63) is 69.0 Å². The molecule has 2 aromatic heterocycles. The highest BCUT2D eigenvalue weighted by Crippen LogP contribution is 2.16. The van der Waals surface area contributed by atoms with Gasteiger partial charge in [0.1, 0.15) is 0 Å². The SMILES string of the molecule is CNC(=O)c1ccccc1-n1c(=O)[nH]c(=O)c2cccnc21. The van der Waals surface area contributed by atoms with Crippen LogP contribution in [0.4, 0.5) is 0 Å². The lowest BCUT2D eigenvalue weighted by Crippen LogP contribution is -2.31. The minimum Gasteiger partial charge on any atom is -0.355 e. The maximum Gasteiger partial charge on any atom is 0.334 e. The van der Waals surface area contributed by atoms with E-state index in [-0.39, 0.29) is 16.9 Å². The largest absolute Gasteiger partial charge is 0.355 e. The number of benzene rings is 1. The van der Waals surface area contributed by atoms with Crippen molar-refractivity contribution in [1.82, 2.24) is 19.9 Å². The molecule has 0 aliphatic rings. The average Bonchev–Trinajstić information content (AvgIpc) is 2.54. The Balaban J connectivity index is 2.45. The van der Waals surface area contributed by atoms with Gasteiger partial charge in [-0.3, -0.25) is 14.6 Å². The zero-order valence-corrected chi connectivity index (χ0v) is 11.7. The molecule has 2 heterocycles. The highest BCUT2D eigenvalue weighted by Gasteiger charge is 2.16. The lowest BCUT2D eigenvalue weighted by molar-refractivity contribution is 0.0963. The standard InChI is InChI=1S/C15H12N4O3/c1-16-13(20)9-5-2-3-7-11(9)19-12-10(6-4-8-17-12)14(21)18-15(19)22/h2-8H,1H3,(H,16,20)(H,18,21,22). The number of aromatic amines is 1. The van der Waals surface area contributed by atoms with Crippen LogP contribution in [0.25, 0.3) is 16.7 Å². The van der Waals surface area contributed by atoms with Gasteiger partial charge < -0.3 is 5.32 Å². The van der Waals surface area contributed by atoms with Crippen molar-refractivity contribution in [3.8, 4) is 5.69 Å². The lowest BCUT2D eigenvalue weighted by Gasteiger charge is -2.12. The Kier molecular flexibility index (Phi) is 3.30. The molecule has 0 saturated carbocycles. The summed E-state index contributed by atoms with van der Waals surface area (Å²) in [6.07, 6.45) is 1.49. The summed E-state index contributed by atoms with van der Waals surface area (Å²) in [5, 5.41) is 2.80. The second-order valence-electron chi connectivity index (χ2n) is 4.57. The normalized spacial score (nSPS) is 10.6. The summed E-state index contributed by atoms with van der Waals surface area (Å²) in [7, 11) is 1.51. The van der Waals surface area contributed by atoms with Crippen LogP contribution < -0.4 is 16.6 Å². The minimum absolute atomic E-state index is 0.201. The van der Waals surface area contributed by atoms with E-state index < -0.39 is 11.2 Å². The summed E-state index contributed by atoms with van der Waals surface area (Å²) in [5.41, 5.74) is -0.292. The summed E-state index contributed by atoms with van der Waals surface area (Å²) >= 11 is 0. The molecular formula is C15H12N4O3. The van der Waals surface area contributed by atoms with Crippen molar-refractivity contribution < 1.29 is 4.79 Å². The molecule has 3 aromatic rings. The second kappa shape index (κ2) is 5.28. The summed E-state index contributed by atoms with van der Waals surface area (Å²) < 4.78 is 1.22. The molecule has 1 aromatic carbocycles. The highest BCUT2D eigenvalue weighted by molar-refractivity contribution is 5.98. The molecule has 1 amide bonds. The molecule has 0 saturated heterocycles. The molecule has 0 aliphatic heterocycles. The first-order chi connectivity index (χ1) is 10.6. The average molecular weight is 296 g/mol. The van der Waals surface area contributed by atoms with Crippen molar-refractivity contribution in [2.45, 2.75) is 0 Å². The van der Waals surface area contributed by atoms with Gasteiger partial charge in [-0.1, -0.05) is 12.1 Å². The van der Waals surface area contributed by atoms with Crippen LogP contribution in [0.1, 0.15) is 10.4 Å². The predicted octanol–water partition coefficient (Wildman–Crippen LogP) is 0.434. The van der Waals surface area contributed by atoms with Gasteiger partial charge in [-0.2, -0.15) is 0 Å². The van der Waals surface area contributed by atoms with Gasteiger partial charge >= 0.3 is 5.69 Å². The van der Waals surface area contributed by atoms with E-state index in [2.05, 4.69) is 15.3 Å². The third-order valence-electron chi connectivity index (χ3n) is 3.28. The van der Waals surface area contributed by atoms with Crippen LogP contribution in [0, 0.1) is 0 Å². The van der Waals surface area contributed by atoms with Crippen LogP contribution in [0.2, 0.25) is 0 Å². The number of carbonyl (C=O) groups excluding carboxylic acids is 1. The van der Waals surface area contributed by atoms with Crippen molar-refractivity contribution >= 4 is 16.9 Å². The summed E-state index contributed by atoms with van der Waals surface area (Å²) in [4.78, 5) is 42.5. The fourth-order valence-electron chi connectivity index (χ4n) is 2.29. The van der Waals surface area contributed by atoms with Gasteiger partial charge in [-0.25, -0.2) is 14.3 Å². The Bertz CT molecular complexity index is 988. The zero-order valence-electron chi connectivity index (χ0n) is 11.7. The van der Waals surface area contributed by atoms with Gasteiger partial charge in [0, 0.05) is 13.2 Å². The number of hydrogen-bond acceptors (Lipinski definition) is 4. The number of rotatable bonds is 2. The number of hydrogen-bond donors (Lipinski definition) is 2.